The van der Waals surface area contributed by atoms with E-state index in [1.54, 1.807) is 0 Å². The van der Waals surface area contributed by atoms with Crippen molar-refractivity contribution in [3.63, 3.8) is 0 Å². The summed E-state index contributed by atoms with van der Waals surface area (Å²) in [6.07, 6.45) is 1.08. The summed E-state index contributed by atoms with van der Waals surface area (Å²) in [5.41, 5.74) is 6.96. The number of likely N-dealkylation sites (tertiary alicyclic amines) is 1. The van der Waals surface area contributed by atoms with Crippen molar-refractivity contribution in [1.29, 1.82) is 0 Å². The first-order valence-electron chi connectivity index (χ1n) is 6.69. The van der Waals surface area contributed by atoms with Crippen LogP contribution in [0, 0.1) is 11.8 Å². The fraction of sp³-hybridized carbons (Fsp3) is 0.533. The van der Waals surface area contributed by atoms with E-state index in [2.05, 4.69) is 13.8 Å². The number of carbonyl (C=O) groups is 1. The van der Waals surface area contributed by atoms with Gasteiger partial charge in [-0.25, -0.2) is 0 Å². The Kier molecular flexibility index (Phi) is 4.02. The van der Waals surface area contributed by atoms with Crippen LogP contribution >= 0.6 is 0 Å². The summed E-state index contributed by atoms with van der Waals surface area (Å²) in [5, 5.41) is 0. The molecule has 1 heterocycles. The van der Waals surface area contributed by atoms with Crippen LogP contribution in [0.25, 0.3) is 0 Å². The molecular formula is C15H22N2O. The maximum absolute atomic E-state index is 12.4. The number of amides is 1. The summed E-state index contributed by atoms with van der Waals surface area (Å²) in [7, 11) is 0. The Bertz CT molecular complexity index is 404. The number of carbonyl (C=O) groups excluding carboxylic acids is 1. The van der Waals surface area contributed by atoms with Gasteiger partial charge in [-0.05, 0) is 23.8 Å². The minimum atomic E-state index is -0.521. The summed E-state index contributed by atoms with van der Waals surface area (Å²) < 4.78 is 0. The minimum absolute atomic E-state index is 0.0555. The lowest BCUT2D eigenvalue weighted by Gasteiger charge is -2.36. The summed E-state index contributed by atoms with van der Waals surface area (Å²) >= 11 is 0. The van der Waals surface area contributed by atoms with Gasteiger partial charge in [0.1, 0.15) is 6.04 Å². The van der Waals surface area contributed by atoms with E-state index < -0.39 is 6.04 Å². The molecule has 0 aromatic heterocycles. The quantitative estimate of drug-likeness (QED) is 0.869. The van der Waals surface area contributed by atoms with E-state index in [4.69, 9.17) is 5.73 Å². The SMILES string of the molecule is C[C@@H]1CCN(C(=O)[C@@H](N)c2ccccc2)C[C@@H]1C. The molecule has 3 heteroatoms. The summed E-state index contributed by atoms with van der Waals surface area (Å²) in [5.74, 6) is 1.31. The van der Waals surface area contributed by atoms with Gasteiger partial charge in [-0.1, -0.05) is 44.2 Å². The summed E-state index contributed by atoms with van der Waals surface area (Å²) in [4.78, 5) is 14.3. The lowest BCUT2D eigenvalue weighted by molar-refractivity contribution is -0.135. The van der Waals surface area contributed by atoms with Crippen molar-refractivity contribution < 1.29 is 4.79 Å². The Morgan fingerprint density at radius 1 is 1.28 bits per heavy atom. The molecule has 1 aliphatic heterocycles. The molecular weight excluding hydrogens is 224 g/mol. The first kappa shape index (κ1) is 13.1. The molecule has 98 valence electrons. The van der Waals surface area contributed by atoms with Gasteiger partial charge < -0.3 is 10.6 Å². The molecule has 18 heavy (non-hydrogen) atoms. The largest absolute Gasteiger partial charge is 0.341 e. The second-order valence-electron chi connectivity index (χ2n) is 5.42. The van der Waals surface area contributed by atoms with E-state index in [9.17, 15) is 4.79 Å². The van der Waals surface area contributed by atoms with E-state index in [1.807, 2.05) is 35.2 Å². The Morgan fingerprint density at radius 2 is 1.94 bits per heavy atom. The minimum Gasteiger partial charge on any atom is -0.341 e. The number of hydrogen-bond donors (Lipinski definition) is 1. The normalized spacial score (nSPS) is 25.8. The number of hydrogen-bond acceptors (Lipinski definition) is 2. The maximum atomic E-state index is 12.4. The van der Waals surface area contributed by atoms with E-state index in [-0.39, 0.29) is 5.91 Å². The van der Waals surface area contributed by atoms with Gasteiger partial charge in [0, 0.05) is 13.1 Å². The van der Waals surface area contributed by atoms with E-state index >= 15 is 0 Å². The van der Waals surface area contributed by atoms with Gasteiger partial charge in [-0.15, -0.1) is 0 Å². The van der Waals surface area contributed by atoms with Crippen LogP contribution in [0.3, 0.4) is 0 Å². The van der Waals surface area contributed by atoms with Crippen LogP contribution in [-0.2, 0) is 4.79 Å². The summed E-state index contributed by atoms with van der Waals surface area (Å²) in [6, 6.07) is 9.08. The van der Waals surface area contributed by atoms with Gasteiger partial charge in [0.05, 0.1) is 0 Å². The zero-order chi connectivity index (χ0) is 13.1. The highest BCUT2D eigenvalue weighted by atomic mass is 16.2. The second kappa shape index (κ2) is 5.53. The highest BCUT2D eigenvalue weighted by Gasteiger charge is 2.29. The van der Waals surface area contributed by atoms with Crippen LogP contribution in [0.15, 0.2) is 30.3 Å². The fourth-order valence-corrected chi connectivity index (χ4v) is 2.46. The van der Waals surface area contributed by atoms with Crippen LogP contribution in [0.1, 0.15) is 31.9 Å². The Hall–Kier alpha value is -1.35. The predicted molar refractivity (Wildman–Crippen MR) is 72.9 cm³/mol. The molecule has 0 aliphatic carbocycles. The van der Waals surface area contributed by atoms with Gasteiger partial charge in [0.25, 0.3) is 0 Å². The highest BCUT2D eigenvalue weighted by molar-refractivity contribution is 5.83. The molecule has 1 fully saturated rings. The van der Waals surface area contributed by atoms with Crippen molar-refractivity contribution in [1.82, 2.24) is 4.90 Å². The lowest BCUT2D eigenvalue weighted by Crippen LogP contribution is -2.46. The Balaban J connectivity index is 2.03. The van der Waals surface area contributed by atoms with Crippen molar-refractivity contribution in [3.8, 4) is 0 Å². The molecule has 2 N–H and O–H groups in total. The lowest BCUT2D eigenvalue weighted by atomic mass is 9.88. The monoisotopic (exact) mass is 246 g/mol. The third-order valence-corrected chi connectivity index (χ3v) is 4.07. The second-order valence-corrected chi connectivity index (χ2v) is 5.42. The molecule has 0 radical (unpaired) electrons. The van der Waals surface area contributed by atoms with Crippen molar-refractivity contribution >= 4 is 5.91 Å². The average Bonchev–Trinajstić information content (AvgIpc) is 2.41. The van der Waals surface area contributed by atoms with Crippen LogP contribution in [0.4, 0.5) is 0 Å². The van der Waals surface area contributed by atoms with Crippen LogP contribution in [0.5, 0.6) is 0 Å². The standard InChI is InChI=1S/C15H22N2O/c1-11-8-9-17(10-12(11)2)15(18)14(16)13-6-4-3-5-7-13/h3-7,11-12,14H,8-10,16H2,1-2H3/t11-,12+,14+/m1/s1. The molecule has 0 unspecified atom stereocenters. The third-order valence-electron chi connectivity index (χ3n) is 4.07. The molecule has 1 aromatic carbocycles. The summed E-state index contributed by atoms with van der Waals surface area (Å²) in [6.45, 7) is 6.13. The number of rotatable bonds is 2. The number of piperidine rings is 1. The van der Waals surface area contributed by atoms with Crippen molar-refractivity contribution in [2.45, 2.75) is 26.3 Å². The first-order chi connectivity index (χ1) is 8.59. The van der Waals surface area contributed by atoms with Gasteiger partial charge in [0.2, 0.25) is 5.91 Å². The molecule has 2 rings (SSSR count). The van der Waals surface area contributed by atoms with Gasteiger partial charge in [-0.2, -0.15) is 0 Å². The molecule has 0 saturated carbocycles. The predicted octanol–water partition coefficient (Wildman–Crippen LogP) is 2.19. The van der Waals surface area contributed by atoms with E-state index in [1.165, 1.54) is 0 Å². The fourth-order valence-electron chi connectivity index (χ4n) is 2.46. The zero-order valence-electron chi connectivity index (χ0n) is 11.2. The van der Waals surface area contributed by atoms with Gasteiger partial charge in [-0.3, -0.25) is 4.79 Å². The number of nitrogens with zero attached hydrogens (tertiary/aromatic N) is 1. The number of benzene rings is 1. The molecule has 1 aromatic rings. The van der Waals surface area contributed by atoms with Crippen LogP contribution in [-0.4, -0.2) is 23.9 Å². The van der Waals surface area contributed by atoms with E-state index in [0.29, 0.717) is 11.8 Å². The molecule has 0 bridgehead atoms. The number of nitrogens with two attached hydrogens (primary N) is 1. The van der Waals surface area contributed by atoms with Crippen molar-refractivity contribution in [2.24, 2.45) is 17.6 Å². The van der Waals surface area contributed by atoms with Gasteiger partial charge >= 0.3 is 0 Å². The van der Waals surface area contributed by atoms with Crippen LogP contribution < -0.4 is 5.73 Å². The zero-order valence-corrected chi connectivity index (χ0v) is 11.2. The molecule has 3 nitrogen and oxygen atoms in total. The first-order valence-corrected chi connectivity index (χ1v) is 6.69. The topological polar surface area (TPSA) is 46.3 Å². The van der Waals surface area contributed by atoms with Crippen molar-refractivity contribution in [2.75, 3.05) is 13.1 Å². The average molecular weight is 246 g/mol. The molecule has 0 spiro atoms. The van der Waals surface area contributed by atoms with E-state index in [0.717, 1.165) is 25.1 Å². The molecule has 1 amide bonds. The van der Waals surface area contributed by atoms with Crippen molar-refractivity contribution in [3.05, 3.63) is 35.9 Å². The van der Waals surface area contributed by atoms with Crippen LogP contribution in [0.2, 0.25) is 0 Å². The smallest absolute Gasteiger partial charge is 0.244 e. The van der Waals surface area contributed by atoms with Gasteiger partial charge in [0.15, 0.2) is 0 Å². The molecule has 1 saturated heterocycles. The highest BCUT2D eigenvalue weighted by Crippen LogP contribution is 2.24. The Morgan fingerprint density at radius 3 is 2.56 bits per heavy atom. The maximum Gasteiger partial charge on any atom is 0.244 e. The Labute approximate surface area is 109 Å². The molecule has 1 aliphatic rings. The third kappa shape index (κ3) is 2.72. The molecule has 3 atom stereocenters.